The van der Waals surface area contributed by atoms with Gasteiger partial charge < -0.3 is 10.2 Å². The second-order valence-electron chi connectivity index (χ2n) is 5.78. The molecule has 0 saturated heterocycles. The van der Waals surface area contributed by atoms with Gasteiger partial charge >= 0.3 is 0 Å². The minimum atomic E-state index is -0.247. The summed E-state index contributed by atoms with van der Waals surface area (Å²) in [7, 11) is 0. The number of nitrogens with zero attached hydrogens (tertiary/aromatic N) is 2. The van der Waals surface area contributed by atoms with Gasteiger partial charge in [0.1, 0.15) is 5.82 Å². The number of hydrogen-bond acceptors (Lipinski definition) is 2. The van der Waals surface area contributed by atoms with Crippen LogP contribution in [0.2, 0.25) is 0 Å². The van der Waals surface area contributed by atoms with E-state index in [0.29, 0.717) is 18.2 Å². The molecule has 6 heteroatoms. The molecule has 1 aromatic heterocycles. The number of anilines is 1. The first-order valence-electron chi connectivity index (χ1n) is 8.05. The van der Waals surface area contributed by atoms with E-state index in [1.165, 1.54) is 12.1 Å². The third-order valence-corrected chi connectivity index (χ3v) is 4.65. The van der Waals surface area contributed by atoms with Gasteiger partial charge in [0.2, 0.25) is 0 Å². The highest BCUT2D eigenvalue weighted by Gasteiger charge is 2.12. The van der Waals surface area contributed by atoms with Crippen molar-refractivity contribution in [2.45, 2.75) is 13.1 Å². The molecule has 0 radical (unpaired) electrons. The molecule has 3 aromatic rings. The van der Waals surface area contributed by atoms with Crippen molar-refractivity contribution in [1.82, 2.24) is 9.88 Å². The number of halogens is 2. The molecule has 0 saturated carbocycles. The molecule has 0 amide bonds. The Hall–Kier alpha value is -2.31. The maximum atomic E-state index is 13.2. The standard InChI is InChI=1S/C20H17BrFN3S/c21-17-5-9-19(10-6-17)24-20(26)25(14-16-2-1-11-23-12-16)13-15-3-7-18(22)8-4-15/h1-12H,13-14H2,(H,24,26). The van der Waals surface area contributed by atoms with E-state index < -0.39 is 0 Å². The summed E-state index contributed by atoms with van der Waals surface area (Å²) in [5.74, 6) is -0.247. The number of aromatic nitrogens is 1. The van der Waals surface area contributed by atoms with Gasteiger partial charge in [-0.2, -0.15) is 0 Å². The Balaban J connectivity index is 1.77. The van der Waals surface area contributed by atoms with E-state index in [2.05, 4.69) is 26.2 Å². The van der Waals surface area contributed by atoms with Crippen LogP contribution in [0.15, 0.2) is 77.5 Å². The molecule has 0 aliphatic heterocycles. The van der Waals surface area contributed by atoms with Gasteiger partial charge in [0.25, 0.3) is 0 Å². The van der Waals surface area contributed by atoms with Gasteiger partial charge in [0, 0.05) is 35.6 Å². The molecule has 0 bridgehead atoms. The Kier molecular flexibility index (Phi) is 6.30. The van der Waals surface area contributed by atoms with Gasteiger partial charge in [-0.05, 0) is 65.8 Å². The Labute approximate surface area is 166 Å². The zero-order valence-corrected chi connectivity index (χ0v) is 16.3. The molecule has 0 aliphatic rings. The summed E-state index contributed by atoms with van der Waals surface area (Å²) in [5.41, 5.74) is 2.94. The Morgan fingerprint density at radius 1 is 1.00 bits per heavy atom. The zero-order valence-electron chi connectivity index (χ0n) is 13.9. The molecular weight excluding hydrogens is 413 g/mol. The summed E-state index contributed by atoms with van der Waals surface area (Å²) in [4.78, 5) is 6.19. The van der Waals surface area contributed by atoms with Gasteiger partial charge in [-0.15, -0.1) is 0 Å². The fourth-order valence-electron chi connectivity index (χ4n) is 2.46. The molecule has 3 nitrogen and oxygen atoms in total. The first kappa shape index (κ1) is 18.5. The van der Waals surface area contributed by atoms with Crippen LogP contribution >= 0.6 is 28.1 Å². The van der Waals surface area contributed by atoms with Gasteiger partial charge in [-0.3, -0.25) is 4.98 Å². The molecular formula is C20H17BrFN3S. The average Bonchev–Trinajstić information content (AvgIpc) is 2.65. The first-order chi connectivity index (χ1) is 12.6. The van der Waals surface area contributed by atoms with Crippen molar-refractivity contribution in [2.75, 3.05) is 5.32 Å². The third-order valence-electron chi connectivity index (χ3n) is 3.77. The van der Waals surface area contributed by atoms with Crippen LogP contribution in [0.4, 0.5) is 10.1 Å². The molecule has 0 fully saturated rings. The fraction of sp³-hybridized carbons (Fsp3) is 0.100. The number of nitrogens with one attached hydrogen (secondary N) is 1. The van der Waals surface area contributed by atoms with Gasteiger partial charge in [0.05, 0.1) is 0 Å². The Morgan fingerprint density at radius 2 is 1.69 bits per heavy atom. The highest BCUT2D eigenvalue weighted by molar-refractivity contribution is 9.10. The molecule has 3 rings (SSSR count). The summed E-state index contributed by atoms with van der Waals surface area (Å²) in [5, 5.41) is 3.86. The minimum Gasteiger partial charge on any atom is -0.340 e. The van der Waals surface area contributed by atoms with Crippen LogP contribution in [0.1, 0.15) is 11.1 Å². The number of benzene rings is 2. The van der Waals surface area contributed by atoms with Crippen molar-refractivity contribution in [3.05, 3.63) is 94.5 Å². The molecule has 1 N–H and O–H groups in total. The predicted octanol–water partition coefficient (Wildman–Crippen LogP) is 5.38. The van der Waals surface area contributed by atoms with E-state index in [0.717, 1.165) is 21.3 Å². The normalized spacial score (nSPS) is 10.4. The largest absolute Gasteiger partial charge is 0.340 e. The van der Waals surface area contributed by atoms with Gasteiger partial charge in [-0.25, -0.2) is 4.39 Å². The van der Waals surface area contributed by atoms with Crippen molar-refractivity contribution in [3.8, 4) is 0 Å². The van der Waals surface area contributed by atoms with Crippen molar-refractivity contribution in [1.29, 1.82) is 0 Å². The lowest BCUT2D eigenvalue weighted by molar-refractivity contribution is 0.412. The lowest BCUT2D eigenvalue weighted by atomic mass is 10.2. The van der Waals surface area contributed by atoms with E-state index in [1.807, 2.05) is 47.5 Å². The summed E-state index contributed by atoms with van der Waals surface area (Å²) in [6, 6.07) is 18.2. The number of rotatable bonds is 5. The third kappa shape index (κ3) is 5.34. The van der Waals surface area contributed by atoms with Crippen molar-refractivity contribution in [2.24, 2.45) is 0 Å². The lowest BCUT2D eigenvalue weighted by Gasteiger charge is -2.26. The Bertz CT molecular complexity index is 854. The number of pyridine rings is 1. The zero-order chi connectivity index (χ0) is 18.4. The quantitative estimate of drug-likeness (QED) is 0.550. The average molecular weight is 430 g/mol. The van der Waals surface area contributed by atoms with E-state index in [1.54, 1.807) is 18.3 Å². The summed E-state index contributed by atoms with van der Waals surface area (Å²) in [6.07, 6.45) is 3.56. The molecule has 0 atom stereocenters. The van der Waals surface area contributed by atoms with E-state index in [4.69, 9.17) is 12.2 Å². The summed E-state index contributed by atoms with van der Waals surface area (Å²) < 4.78 is 14.2. The molecule has 0 aliphatic carbocycles. The highest BCUT2D eigenvalue weighted by atomic mass is 79.9. The second-order valence-corrected chi connectivity index (χ2v) is 7.08. The van der Waals surface area contributed by atoms with Crippen LogP contribution in [-0.2, 0) is 13.1 Å². The van der Waals surface area contributed by atoms with Gasteiger partial charge in [0.15, 0.2) is 5.11 Å². The minimum absolute atomic E-state index is 0.247. The van der Waals surface area contributed by atoms with Gasteiger partial charge in [-0.1, -0.05) is 34.1 Å². The van der Waals surface area contributed by atoms with Crippen LogP contribution in [0.25, 0.3) is 0 Å². The fourth-order valence-corrected chi connectivity index (χ4v) is 2.97. The van der Waals surface area contributed by atoms with E-state index >= 15 is 0 Å². The SMILES string of the molecule is Fc1ccc(CN(Cc2cccnc2)C(=S)Nc2ccc(Br)cc2)cc1. The molecule has 132 valence electrons. The van der Waals surface area contributed by atoms with Crippen molar-refractivity contribution in [3.63, 3.8) is 0 Å². The van der Waals surface area contributed by atoms with E-state index in [9.17, 15) is 4.39 Å². The molecule has 2 aromatic carbocycles. The van der Waals surface area contributed by atoms with Crippen molar-refractivity contribution < 1.29 is 4.39 Å². The Morgan fingerprint density at radius 3 is 2.35 bits per heavy atom. The van der Waals surface area contributed by atoms with Crippen LogP contribution in [0.5, 0.6) is 0 Å². The predicted molar refractivity (Wildman–Crippen MR) is 110 cm³/mol. The lowest BCUT2D eigenvalue weighted by Crippen LogP contribution is -2.33. The van der Waals surface area contributed by atoms with Crippen LogP contribution in [-0.4, -0.2) is 15.0 Å². The van der Waals surface area contributed by atoms with Crippen LogP contribution in [0, 0.1) is 5.82 Å². The van der Waals surface area contributed by atoms with Crippen LogP contribution in [0.3, 0.4) is 0 Å². The first-order valence-corrected chi connectivity index (χ1v) is 9.25. The maximum Gasteiger partial charge on any atom is 0.174 e. The van der Waals surface area contributed by atoms with Crippen molar-refractivity contribution >= 4 is 38.9 Å². The van der Waals surface area contributed by atoms with Crippen LogP contribution < -0.4 is 5.32 Å². The maximum absolute atomic E-state index is 13.2. The monoisotopic (exact) mass is 429 g/mol. The molecule has 1 heterocycles. The summed E-state index contributed by atoms with van der Waals surface area (Å²) in [6.45, 7) is 1.17. The number of thiocarbonyl (C=S) groups is 1. The second kappa shape index (κ2) is 8.87. The van der Waals surface area contributed by atoms with E-state index in [-0.39, 0.29) is 5.82 Å². The topological polar surface area (TPSA) is 28.2 Å². The molecule has 26 heavy (non-hydrogen) atoms. The summed E-state index contributed by atoms with van der Waals surface area (Å²) >= 11 is 9.05. The number of hydrogen-bond donors (Lipinski definition) is 1. The smallest absolute Gasteiger partial charge is 0.174 e. The molecule has 0 unspecified atom stereocenters. The molecule has 0 spiro atoms. The highest BCUT2D eigenvalue weighted by Crippen LogP contribution is 2.17.